The first-order valence-electron chi connectivity index (χ1n) is 5.68. The van der Waals surface area contributed by atoms with Crippen LogP contribution in [0.15, 0.2) is 24.3 Å². The van der Waals surface area contributed by atoms with E-state index in [9.17, 15) is 4.39 Å². The Bertz CT molecular complexity index is 333. The number of benzene rings is 1. The molecule has 2 N–H and O–H groups in total. The maximum Gasteiger partial charge on any atom is 0.137 e. The van der Waals surface area contributed by atoms with E-state index in [2.05, 4.69) is 6.92 Å². The van der Waals surface area contributed by atoms with E-state index < -0.39 is 5.67 Å². The lowest BCUT2D eigenvalue weighted by Gasteiger charge is -2.20. The molecule has 2 unspecified atom stereocenters. The van der Waals surface area contributed by atoms with Crippen LogP contribution in [-0.2, 0) is 12.1 Å². The molecule has 2 atom stereocenters. The number of hydrogen-bond acceptors (Lipinski definition) is 1. The fourth-order valence-corrected chi connectivity index (χ4v) is 2.34. The van der Waals surface area contributed by atoms with Gasteiger partial charge >= 0.3 is 0 Å². The Morgan fingerprint density at radius 1 is 1.40 bits per heavy atom. The quantitative estimate of drug-likeness (QED) is 0.792. The monoisotopic (exact) mass is 207 g/mol. The molecular weight excluding hydrogens is 189 g/mol. The highest BCUT2D eigenvalue weighted by atomic mass is 19.1. The Kier molecular flexibility index (Phi) is 2.79. The molecule has 1 nitrogen and oxygen atoms in total. The van der Waals surface area contributed by atoms with Crippen LogP contribution in [0.5, 0.6) is 0 Å². The standard InChI is InChI=1S/C13H18FN/c1-2-10-3-5-11(6-4-10)13(14)8-7-12(15)9-13/h3-6,12H,2,7-9,15H2,1H3. The van der Waals surface area contributed by atoms with E-state index in [0.29, 0.717) is 12.8 Å². The zero-order chi connectivity index (χ0) is 10.9. The minimum atomic E-state index is -1.17. The Morgan fingerprint density at radius 3 is 2.53 bits per heavy atom. The molecule has 0 radical (unpaired) electrons. The molecule has 0 amide bonds. The molecule has 1 aromatic rings. The summed E-state index contributed by atoms with van der Waals surface area (Å²) in [7, 11) is 0. The molecule has 1 fully saturated rings. The molecular formula is C13H18FN. The summed E-state index contributed by atoms with van der Waals surface area (Å²) in [5.41, 5.74) is 6.64. The van der Waals surface area contributed by atoms with Crippen LogP contribution in [0.3, 0.4) is 0 Å². The van der Waals surface area contributed by atoms with E-state index in [-0.39, 0.29) is 6.04 Å². The van der Waals surface area contributed by atoms with Gasteiger partial charge in [0.15, 0.2) is 0 Å². The van der Waals surface area contributed by atoms with Gasteiger partial charge in [0.1, 0.15) is 5.67 Å². The van der Waals surface area contributed by atoms with E-state index in [1.807, 2.05) is 24.3 Å². The van der Waals surface area contributed by atoms with Crippen molar-refractivity contribution in [2.24, 2.45) is 5.73 Å². The molecule has 1 aliphatic rings. The van der Waals surface area contributed by atoms with Gasteiger partial charge in [-0.2, -0.15) is 0 Å². The predicted octanol–water partition coefficient (Wildman–Crippen LogP) is 2.93. The molecule has 2 heteroatoms. The van der Waals surface area contributed by atoms with E-state index in [1.54, 1.807) is 0 Å². The summed E-state index contributed by atoms with van der Waals surface area (Å²) in [5, 5.41) is 0. The topological polar surface area (TPSA) is 26.0 Å². The summed E-state index contributed by atoms with van der Waals surface area (Å²) >= 11 is 0. The first-order chi connectivity index (χ1) is 7.14. The van der Waals surface area contributed by atoms with Gasteiger partial charge in [-0.05, 0) is 30.4 Å². The van der Waals surface area contributed by atoms with Crippen LogP contribution in [0, 0.1) is 0 Å². The van der Waals surface area contributed by atoms with Crippen molar-refractivity contribution in [3.63, 3.8) is 0 Å². The van der Waals surface area contributed by atoms with Crippen LogP contribution >= 0.6 is 0 Å². The fourth-order valence-electron chi connectivity index (χ4n) is 2.34. The first kappa shape index (κ1) is 10.6. The second kappa shape index (κ2) is 3.93. The van der Waals surface area contributed by atoms with Crippen molar-refractivity contribution in [3.8, 4) is 0 Å². The van der Waals surface area contributed by atoms with Crippen molar-refractivity contribution in [2.45, 2.75) is 44.3 Å². The molecule has 0 spiro atoms. The number of nitrogens with two attached hydrogens (primary N) is 1. The number of rotatable bonds is 2. The van der Waals surface area contributed by atoms with Crippen LogP contribution < -0.4 is 5.73 Å². The van der Waals surface area contributed by atoms with Gasteiger partial charge in [-0.25, -0.2) is 4.39 Å². The molecule has 0 aromatic heterocycles. The maximum atomic E-state index is 14.5. The van der Waals surface area contributed by atoms with Crippen LogP contribution in [0.2, 0.25) is 0 Å². The summed E-state index contributed by atoms with van der Waals surface area (Å²) in [5.74, 6) is 0. The molecule has 0 aliphatic heterocycles. The van der Waals surface area contributed by atoms with Crippen LogP contribution in [0.25, 0.3) is 0 Å². The second-order valence-electron chi connectivity index (χ2n) is 4.52. The number of alkyl halides is 1. The number of aryl methyl sites for hydroxylation is 1. The van der Waals surface area contributed by atoms with E-state index in [4.69, 9.17) is 5.73 Å². The van der Waals surface area contributed by atoms with Crippen LogP contribution in [0.1, 0.15) is 37.3 Å². The molecule has 1 aliphatic carbocycles. The molecule has 0 saturated heterocycles. The van der Waals surface area contributed by atoms with Gasteiger partial charge in [-0.3, -0.25) is 0 Å². The lowest BCUT2D eigenvalue weighted by atomic mass is 9.93. The third-order valence-corrected chi connectivity index (χ3v) is 3.38. The number of hydrogen-bond donors (Lipinski definition) is 1. The Morgan fingerprint density at radius 2 is 2.07 bits per heavy atom. The summed E-state index contributed by atoms with van der Waals surface area (Å²) in [6.07, 6.45) is 2.84. The third-order valence-electron chi connectivity index (χ3n) is 3.38. The minimum absolute atomic E-state index is 0.0286. The van der Waals surface area contributed by atoms with Crippen molar-refractivity contribution in [3.05, 3.63) is 35.4 Å². The normalized spacial score (nSPS) is 30.7. The van der Waals surface area contributed by atoms with Gasteiger partial charge in [0, 0.05) is 12.5 Å². The van der Waals surface area contributed by atoms with Gasteiger partial charge in [0.25, 0.3) is 0 Å². The van der Waals surface area contributed by atoms with E-state index >= 15 is 0 Å². The largest absolute Gasteiger partial charge is 0.328 e. The molecule has 2 rings (SSSR count). The molecule has 82 valence electrons. The lowest BCUT2D eigenvalue weighted by molar-refractivity contribution is 0.172. The summed E-state index contributed by atoms with van der Waals surface area (Å²) in [6.45, 7) is 2.10. The van der Waals surface area contributed by atoms with Gasteiger partial charge in [-0.15, -0.1) is 0 Å². The lowest BCUT2D eigenvalue weighted by Crippen LogP contribution is -2.21. The average molecular weight is 207 g/mol. The SMILES string of the molecule is CCc1ccc(C2(F)CCC(N)C2)cc1. The summed E-state index contributed by atoms with van der Waals surface area (Å²) < 4.78 is 14.5. The highest BCUT2D eigenvalue weighted by Gasteiger charge is 2.39. The Balaban J connectivity index is 2.22. The van der Waals surface area contributed by atoms with E-state index in [0.717, 1.165) is 18.4 Å². The molecule has 1 aromatic carbocycles. The first-order valence-corrected chi connectivity index (χ1v) is 5.68. The highest BCUT2D eigenvalue weighted by molar-refractivity contribution is 5.28. The maximum absolute atomic E-state index is 14.5. The molecule has 15 heavy (non-hydrogen) atoms. The van der Waals surface area contributed by atoms with Gasteiger partial charge in [0.2, 0.25) is 0 Å². The Hall–Kier alpha value is -0.890. The molecule has 0 bridgehead atoms. The number of halogens is 1. The van der Waals surface area contributed by atoms with Crippen molar-refractivity contribution in [1.29, 1.82) is 0 Å². The fraction of sp³-hybridized carbons (Fsp3) is 0.538. The van der Waals surface area contributed by atoms with Crippen LogP contribution in [-0.4, -0.2) is 6.04 Å². The predicted molar refractivity (Wildman–Crippen MR) is 60.4 cm³/mol. The Labute approximate surface area is 90.5 Å². The second-order valence-corrected chi connectivity index (χ2v) is 4.52. The highest BCUT2D eigenvalue weighted by Crippen LogP contribution is 2.41. The van der Waals surface area contributed by atoms with Crippen molar-refractivity contribution in [2.75, 3.05) is 0 Å². The minimum Gasteiger partial charge on any atom is -0.328 e. The van der Waals surface area contributed by atoms with Gasteiger partial charge in [0.05, 0.1) is 0 Å². The van der Waals surface area contributed by atoms with Gasteiger partial charge < -0.3 is 5.73 Å². The smallest absolute Gasteiger partial charge is 0.137 e. The summed E-state index contributed by atoms with van der Waals surface area (Å²) in [4.78, 5) is 0. The van der Waals surface area contributed by atoms with Gasteiger partial charge in [-0.1, -0.05) is 31.2 Å². The third kappa shape index (κ3) is 2.05. The summed E-state index contributed by atoms with van der Waals surface area (Å²) in [6, 6.07) is 7.88. The zero-order valence-electron chi connectivity index (χ0n) is 9.17. The van der Waals surface area contributed by atoms with Crippen molar-refractivity contribution >= 4 is 0 Å². The average Bonchev–Trinajstić information content (AvgIpc) is 2.60. The van der Waals surface area contributed by atoms with Crippen LogP contribution in [0.4, 0.5) is 4.39 Å². The molecule has 1 saturated carbocycles. The van der Waals surface area contributed by atoms with Crippen molar-refractivity contribution < 1.29 is 4.39 Å². The van der Waals surface area contributed by atoms with E-state index in [1.165, 1.54) is 5.56 Å². The molecule has 0 heterocycles. The zero-order valence-corrected chi connectivity index (χ0v) is 9.17. The van der Waals surface area contributed by atoms with Crippen molar-refractivity contribution in [1.82, 2.24) is 0 Å².